The van der Waals surface area contributed by atoms with Gasteiger partial charge in [0.15, 0.2) is 15.7 Å². The van der Waals surface area contributed by atoms with Gasteiger partial charge in [0, 0.05) is 12.8 Å². The van der Waals surface area contributed by atoms with Crippen LogP contribution >= 0.6 is 0 Å². The van der Waals surface area contributed by atoms with Crippen molar-refractivity contribution in [3.05, 3.63) is 11.6 Å². The van der Waals surface area contributed by atoms with Gasteiger partial charge in [0.2, 0.25) is 0 Å². The van der Waals surface area contributed by atoms with Gasteiger partial charge in [0.25, 0.3) is 0 Å². The van der Waals surface area contributed by atoms with E-state index in [0.29, 0.717) is 25.1 Å². The number of fused-ring (bicyclic) bond motifs is 1. The molecule has 0 amide bonds. The van der Waals surface area contributed by atoms with Crippen LogP contribution in [-0.2, 0) is 22.7 Å². The fourth-order valence-electron chi connectivity index (χ4n) is 2.76. The summed E-state index contributed by atoms with van der Waals surface area (Å²) in [5, 5.41) is 14.1. The summed E-state index contributed by atoms with van der Waals surface area (Å²) in [7, 11) is -2.84. The van der Waals surface area contributed by atoms with E-state index in [-0.39, 0.29) is 17.4 Å². The van der Waals surface area contributed by atoms with Gasteiger partial charge in [0.05, 0.1) is 11.5 Å². The average molecular weight is 271 g/mol. The first-order valence-corrected chi connectivity index (χ1v) is 8.18. The molecule has 2 aliphatic heterocycles. The number of rotatable bonds is 2. The molecule has 1 N–H and O–H groups in total. The Balaban J connectivity index is 1.74. The van der Waals surface area contributed by atoms with E-state index in [2.05, 4.69) is 10.1 Å². The number of aliphatic hydroxyl groups excluding tert-OH is 1. The Morgan fingerprint density at radius 3 is 2.89 bits per heavy atom. The number of aryl methyl sites for hydroxylation is 1. The summed E-state index contributed by atoms with van der Waals surface area (Å²) in [5.74, 6) is 2.17. The van der Waals surface area contributed by atoms with Gasteiger partial charge < -0.3 is 5.11 Å². The SMILES string of the molecule is O=S1(=O)CCC(Cc2nc3n(n2)C(O)CCC3)C1. The zero-order chi connectivity index (χ0) is 12.8. The van der Waals surface area contributed by atoms with Crippen molar-refractivity contribution in [3.63, 3.8) is 0 Å². The molecule has 0 saturated carbocycles. The van der Waals surface area contributed by atoms with Crippen LogP contribution in [0.15, 0.2) is 0 Å². The highest BCUT2D eigenvalue weighted by Gasteiger charge is 2.30. The summed E-state index contributed by atoms with van der Waals surface area (Å²) < 4.78 is 24.4. The predicted octanol–water partition coefficient (Wildman–Crippen LogP) is 0.0825. The van der Waals surface area contributed by atoms with Gasteiger partial charge in [0.1, 0.15) is 12.1 Å². The van der Waals surface area contributed by atoms with Crippen LogP contribution in [0.1, 0.15) is 37.1 Å². The third-order valence-electron chi connectivity index (χ3n) is 3.69. The van der Waals surface area contributed by atoms with E-state index in [1.165, 1.54) is 0 Å². The Kier molecular flexibility index (Phi) is 2.90. The van der Waals surface area contributed by atoms with Crippen LogP contribution in [0.5, 0.6) is 0 Å². The Bertz CT molecular complexity index is 552. The minimum absolute atomic E-state index is 0.136. The molecule has 3 rings (SSSR count). The molecule has 0 bridgehead atoms. The minimum atomic E-state index is -2.84. The standard InChI is InChI=1S/C11H17N3O3S/c15-11-3-1-2-10-12-9(13-14(10)11)6-8-4-5-18(16,17)7-8/h8,11,15H,1-7H2. The monoisotopic (exact) mass is 271 g/mol. The molecule has 1 fully saturated rings. The van der Waals surface area contributed by atoms with Crippen LogP contribution in [0.4, 0.5) is 0 Å². The summed E-state index contributed by atoms with van der Waals surface area (Å²) >= 11 is 0. The second kappa shape index (κ2) is 4.31. The van der Waals surface area contributed by atoms with Gasteiger partial charge in [-0.05, 0) is 25.2 Å². The van der Waals surface area contributed by atoms with E-state index >= 15 is 0 Å². The third-order valence-corrected chi connectivity index (χ3v) is 5.53. The maximum absolute atomic E-state index is 11.4. The summed E-state index contributed by atoms with van der Waals surface area (Å²) in [6, 6.07) is 0. The lowest BCUT2D eigenvalue weighted by molar-refractivity contribution is 0.0643. The van der Waals surface area contributed by atoms with Crippen LogP contribution < -0.4 is 0 Å². The number of hydrogen-bond acceptors (Lipinski definition) is 5. The number of aromatic nitrogens is 3. The minimum Gasteiger partial charge on any atom is -0.372 e. The molecule has 7 heteroatoms. The molecule has 2 aliphatic rings. The Labute approximate surface area is 106 Å². The predicted molar refractivity (Wildman–Crippen MR) is 64.7 cm³/mol. The molecular formula is C11H17N3O3S. The van der Waals surface area contributed by atoms with Gasteiger partial charge in [-0.2, -0.15) is 5.10 Å². The van der Waals surface area contributed by atoms with Crippen molar-refractivity contribution in [2.75, 3.05) is 11.5 Å². The molecule has 2 unspecified atom stereocenters. The van der Waals surface area contributed by atoms with Crippen LogP contribution in [0.2, 0.25) is 0 Å². The molecule has 18 heavy (non-hydrogen) atoms. The molecule has 100 valence electrons. The van der Waals surface area contributed by atoms with Crippen molar-refractivity contribution in [3.8, 4) is 0 Å². The first-order chi connectivity index (χ1) is 8.53. The first-order valence-electron chi connectivity index (χ1n) is 6.36. The second-order valence-electron chi connectivity index (χ2n) is 5.23. The molecule has 0 radical (unpaired) electrons. The molecule has 2 atom stereocenters. The van der Waals surface area contributed by atoms with Gasteiger partial charge in [-0.25, -0.2) is 18.1 Å². The Morgan fingerprint density at radius 2 is 2.22 bits per heavy atom. The fraction of sp³-hybridized carbons (Fsp3) is 0.818. The van der Waals surface area contributed by atoms with Crippen molar-refractivity contribution >= 4 is 9.84 Å². The first kappa shape index (κ1) is 12.1. The fourth-order valence-corrected chi connectivity index (χ4v) is 4.62. The van der Waals surface area contributed by atoms with E-state index in [1.807, 2.05) is 0 Å². The second-order valence-corrected chi connectivity index (χ2v) is 7.46. The smallest absolute Gasteiger partial charge is 0.151 e. The van der Waals surface area contributed by atoms with Gasteiger partial charge in [-0.3, -0.25) is 0 Å². The molecule has 3 heterocycles. The zero-order valence-electron chi connectivity index (χ0n) is 10.1. The number of sulfone groups is 1. The van der Waals surface area contributed by atoms with Crippen molar-refractivity contribution in [1.29, 1.82) is 0 Å². The Hall–Kier alpha value is -0.950. The number of hydrogen-bond donors (Lipinski definition) is 1. The highest BCUT2D eigenvalue weighted by Crippen LogP contribution is 2.24. The van der Waals surface area contributed by atoms with Crippen molar-refractivity contribution in [1.82, 2.24) is 14.8 Å². The highest BCUT2D eigenvalue weighted by molar-refractivity contribution is 7.91. The maximum Gasteiger partial charge on any atom is 0.151 e. The van der Waals surface area contributed by atoms with E-state index in [9.17, 15) is 13.5 Å². The van der Waals surface area contributed by atoms with E-state index < -0.39 is 16.1 Å². The van der Waals surface area contributed by atoms with E-state index in [1.54, 1.807) is 4.68 Å². The molecule has 6 nitrogen and oxygen atoms in total. The molecule has 1 aromatic heterocycles. The lowest BCUT2D eigenvalue weighted by Crippen LogP contribution is -2.18. The lowest BCUT2D eigenvalue weighted by Gasteiger charge is -2.17. The topological polar surface area (TPSA) is 85.1 Å². The number of nitrogens with zero attached hydrogens (tertiary/aromatic N) is 3. The van der Waals surface area contributed by atoms with E-state index in [4.69, 9.17) is 0 Å². The quantitative estimate of drug-likeness (QED) is 0.823. The molecule has 1 aromatic rings. The van der Waals surface area contributed by atoms with Gasteiger partial charge in [-0.1, -0.05) is 0 Å². The largest absolute Gasteiger partial charge is 0.372 e. The van der Waals surface area contributed by atoms with Crippen LogP contribution in [0.25, 0.3) is 0 Å². The molecule has 0 aliphatic carbocycles. The van der Waals surface area contributed by atoms with Crippen molar-refractivity contribution in [2.24, 2.45) is 5.92 Å². The van der Waals surface area contributed by atoms with Crippen LogP contribution in [-0.4, -0.2) is 39.8 Å². The average Bonchev–Trinajstić information content (AvgIpc) is 2.83. The molecular weight excluding hydrogens is 254 g/mol. The molecule has 0 spiro atoms. The third kappa shape index (κ3) is 2.29. The van der Waals surface area contributed by atoms with Crippen LogP contribution in [0.3, 0.4) is 0 Å². The highest BCUT2D eigenvalue weighted by atomic mass is 32.2. The summed E-state index contributed by atoms with van der Waals surface area (Å²) in [5.41, 5.74) is 0. The number of aliphatic hydroxyl groups is 1. The lowest BCUT2D eigenvalue weighted by atomic mass is 10.1. The maximum atomic E-state index is 11.4. The van der Waals surface area contributed by atoms with E-state index in [0.717, 1.165) is 18.7 Å². The normalized spacial score (nSPS) is 30.3. The molecule has 1 saturated heterocycles. The van der Waals surface area contributed by atoms with Gasteiger partial charge >= 0.3 is 0 Å². The van der Waals surface area contributed by atoms with Crippen LogP contribution in [0, 0.1) is 5.92 Å². The van der Waals surface area contributed by atoms with Gasteiger partial charge in [-0.15, -0.1) is 0 Å². The summed E-state index contributed by atoms with van der Waals surface area (Å²) in [4.78, 5) is 4.41. The summed E-state index contributed by atoms with van der Waals surface area (Å²) in [6.45, 7) is 0. The van der Waals surface area contributed by atoms with Crippen molar-refractivity contribution < 1.29 is 13.5 Å². The Morgan fingerprint density at radius 1 is 1.39 bits per heavy atom. The van der Waals surface area contributed by atoms with Crippen molar-refractivity contribution in [2.45, 2.75) is 38.3 Å². The zero-order valence-corrected chi connectivity index (χ0v) is 10.9. The molecule has 0 aromatic carbocycles. The summed E-state index contributed by atoms with van der Waals surface area (Å²) in [6.07, 6.45) is 3.22.